The van der Waals surface area contributed by atoms with E-state index < -0.39 is 17.4 Å². The summed E-state index contributed by atoms with van der Waals surface area (Å²) in [7, 11) is 0. The van der Waals surface area contributed by atoms with Crippen molar-refractivity contribution >= 4 is 23.5 Å². The summed E-state index contributed by atoms with van der Waals surface area (Å²) in [5, 5.41) is 2.90. The van der Waals surface area contributed by atoms with Gasteiger partial charge in [-0.1, -0.05) is 48.0 Å². The number of halogens is 2. The first-order chi connectivity index (χ1) is 10.9. The van der Waals surface area contributed by atoms with E-state index in [1.807, 2.05) is 6.07 Å². The number of carbonyl (C=O) groups excluding carboxylic acids is 2. The van der Waals surface area contributed by atoms with Crippen molar-refractivity contribution in [2.75, 3.05) is 0 Å². The van der Waals surface area contributed by atoms with Crippen molar-refractivity contribution in [3.63, 3.8) is 0 Å². The smallest absolute Gasteiger partial charge is 0.319 e. The first kappa shape index (κ1) is 15.5. The van der Waals surface area contributed by atoms with E-state index in [0.29, 0.717) is 11.1 Å². The number of nitrogens with zero attached hydrogens (tertiary/aromatic N) is 1. The highest BCUT2D eigenvalue weighted by Gasteiger charge is 2.48. The zero-order valence-electron chi connectivity index (χ0n) is 12.3. The Bertz CT molecular complexity index is 781. The molecule has 0 saturated carbocycles. The van der Waals surface area contributed by atoms with Crippen molar-refractivity contribution in [2.24, 2.45) is 0 Å². The van der Waals surface area contributed by atoms with Gasteiger partial charge in [-0.3, -0.25) is 9.69 Å². The minimum absolute atomic E-state index is 0.00773. The molecular weight excluding hydrogens is 319 g/mol. The second-order valence-electron chi connectivity index (χ2n) is 5.55. The molecule has 3 rings (SSSR count). The number of carbonyl (C=O) groups is 2. The highest BCUT2D eigenvalue weighted by Crippen LogP contribution is 2.30. The van der Waals surface area contributed by atoms with Crippen LogP contribution >= 0.6 is 11.6 Å². The van der Waals surface area contributed by atoms with Crippen molar-refractivity contribution in [3.05, 3.63) is 70.5 Å². The van der Waals surface area contributed by atoms with Crippen molar-refractivity contribution in [1.82, 2.24) is 10.2 Å². The Hall–Kier alpha value is -2.40. The fraction of sp³-hybridized carbons (Fsp3) is 0.176. The second kappa shape index (κ2) is 5.66. The third-order valence-corrected chi connectivity index (χ3v) is 4.32. The maximum Gasteiger partial charge on any atom is 0.325 e. The zero-order valence-corrected chi connectivity index (χ0v) is 13.1. The van der Waals surface area contributed by atoms with Crippen molar-refractivity contribution in [3.8, 4) is 0 Å². The van der Waals surface area contributed by atoms with Crippen LogP contribution in [0.2, 0.25) is 5.02 Å². The predicted octanol–water partition coefficient (Wildman–Crippen LogP) is 3.45. The van der Waals surface area contributed by atoms with Crippen LogP contribution in [0.25, 0.3) is 0 Å². The fourth-order valence-corrected chi connectivity index (χ4v) is 2.85. The van der Waals surface area contributed by atoms with Gasteiger partial charge in [-0.15, -0.1) is 0 Å². The molecule has 23 heavy (non-hydrogen) atoms. The van der Waals surface area contributed by atoms with Crippen LogP contribution in [0.1, 0.15) is 18.1 Å². The second-order valence-corrected chi connectivity index (χ2v) is 5.96. The van der Waals surface area contributed by atoms with E-state index in [-0.39, 0.29) is 17.5 Å². The van der Waals surface area contributed by atoms with Crippen molar-refractivity contribution in [2.45, 2.75) is 19.0 Å². The van der Waals surface area contributed by atoms with Crippen LogP contribution in [0.3, 0.4) is 0 Å². The van der Waals surface area contributed by atoms with Gasteiger partial charge in [-0.05, 0) is 30.2 Å². The molecule has 0 unspecified atom stereocenters. The van der Waals surface area contributed by atoms with Gasteiger partial charge < -0.3 is 5.32 Å². The zero-order chi connectivity index (χ0) is 16.6. The molecule has 0 spiro atoms. The summed E-state index contributed by atoms with van der Waals surface area (Å²) < 4.78 is 13.1. The topological polar surface area (TPSA) is 49.4 Å². The van der Waals surface area contributed by atoms with Gasteiger partial charge in [-0.25, -0.2) is 9.18 Å². The summed E-state index contributed by atoms with van der Waals surface area (Å²) in [4.78, 5) is 26.1. The van der Waals surface area contributed by atoms with Crippen LogP contribution in [-0.2, 0) is 16.9 Å². The molecule has 0 radical (unpaired) electrons. The van der Waals surface area contributed by atoms with Gasteiger partial charge in [0.25, 0.3) is 5.91 Å². The Labute approximate surface area is 137 Å². The number of nitrogens with one attached hydrogen (secondary N) is 1. The number of hydrogen-bond donors (Lipinski definition) is 1. The molecule has 1 atom stereocenters. The molecule has 3 amide bonds. The third-order valence-electron chi connectivity index (χ3n) is 3.97. The molecule has 2 aromatic rings. The van der Waals surface area contributed by atoms with Crippen LogP contribution in [0.5, 0.6) is 0 Å². The maximum absolute atomic E-state index is 13.1. The molecule has 118 valence electrons. The van der Waals surface area contributed by atoms with Crippen LogP contribution in [0.4, 0.5) is 9.18 Å². The Kier molecular flexibility index (Phi) is 3.82. The number of imide groups is 1. The molecule has 1 heterocycles. The van der Waals surface area contributed by atoms with Gasteiger partial charge in [0, 0.05) is 5.02 Å². The summed E-state index contributed by atoms with van der Waals surface area (Å²) in [5.74, 6) is -0.834. The van der Waals surface area contributed by atoms with E-state index in [1.165, 1.54) is 12.1 Å². The number of hydrogen-bond acceptors (Lipinski definition) is 2. The van der Waals surface area contributed by atoms with E-state index in [2.05, 4.69) is 5.32 Å². The Morgan fingerprint density at radius 2 is 1.87 bits per heavy atom. The normalized spacial score (nSPS) is 20.7. The van der Waals surface area contributed by atoms with Gasteiger partial charge in [0.2, 0.25) is 0 Å². The molecule has 1 aliphatic heterocycles. The first-order valence-electron chi connectivity index (χ1n) is 7.05. The summed E-state index contributed by atoms with van der Waals surface area (Å²) in [6.07, 6.45) is 0. The predicted molar refractivity (Wildman–Crippen MR) is 84.3 cm³/mol. The Morgan fingerprint density at radius 1 is 1.17 bits per heavy atom. The van der Waals surface area contributed by atoms with Crippen LogP contribution in [-0.4, -0.2) is 16.8 Å². The lowest BCUT2D eigenvalue weighted by atomic mass is 9.92. The fourth-order valence-electron chi connectivity index (χ4n) is 2.63. The molecule has 0 aromatic heterocycles. The largest absolute Gasteiger partial charge is 0.325 e. The van der Waals surface area contributed by atoms with E-state index in [4.69, 9.17) is 11.6 Å². The van der Waals surface area contributed by atoms with E-state index in [9.17, 15) is 14.0 Å². The van der Waals surface area contributed by atoms with Crippen LogP contribution in [0, 0.1) is 5.82 Å². The molecular formula is C17H14ClFN2O2. The van der Waals surface area contributed by atoms with E-state index in [0.717, 1.165) is 11.0 Å². The van der Waals surface area contributed by atoms with Gasteiger partial charge in [0.05, 0.1) is 6.54 Å². The Balaban J connectivity index is 1.90. The first-order valence-corrected chi connectivity index (χ1v) is 7.43. The molecule has 6 heteroatoms. The lowest BCUT2D eigenvalue weighted by Crippen LogP contribution is -2.40. The third kappa shape index (κ3) is 2.68. The van der Waals surface area contributed by atoms with Crippen LogP contribution in [0.15, 0.2) is 48.5 Å². The number of amides is 3. The minimum Gasteiger partial charge on any atom is -0.319 e. The molecule has 1 fully saturated rings. The summed E-state index contributed by atoms with van der Waals surface area (Å²) in [5.41, 5.74) is 0.0881. The van der Waals surface area contributed by atoms with Gasteiger partial charge in [0.1, 0.15) is 11.4 Å². The van der Waals surface area contributed by atoms with Crippen LogP contribution < -0.4 is 5.32 Å². The van der Waals surface area contributed by atoms with E-state index >= 15 is 0 Å². The van der Waals surface area contributed by atoms with Gasteiger partial charge in [-0.2, -0.15) is 0 Å². The van der Waals surface area contributed by atoms with E-state index in [1.54, 1.807) is 31.2 Å². The van der Waals surface area contributed by atoms with Crippen molar-refractivity contribution in [1.29, 1.82) is 0 Å². The van der Waals surface area contributed by atoms with Gasteiger partial charge in [0.15, 0.2) is 0 Å². The molecule has 0 bridgehead atoms. The molecule has 0 aliphatic carbocycles. The number of urea groups is 1. The SMILES string of the molecule is C[C@]1(c2ccccc2)NC(=O)N(Cc2ccc(F)cc2Cl)C1=O. The maximum atomic E-state index is 13.1. The molecule has 1 N–H and O–H groups in total. The molecule has 4 nitrogen and oxygen atoms in total. The molecule has 1 aliphatic rings. The van der Waals surface area contributed by atoms with Gasteiger partial charge >= 0.3 is 6.03 Å². The standard InChI is InChI=1S/C17H14ClFN2O2/c1-17(12-5-3-2-4-6-12)15(22)21(16(23)20-17)10-11-7-8-13(19)9-14(11)18/h2-9H,10H2,1H3,(H,20,23)/t17-/m1/s1. The quantitative estimate of drug-likeness (QED) is 0.875. The van der Waals surface area contributed by atoms with Crippen molar-refractivity contribution < 1.29 is 14.0 Å². The lowest BCUT2D eigenvalue weighted by Gasteiger charge is -2.22. The lowest BCUT2D eigenvalue weighted by molar-refractivity contribution is -0.131. The summed E-state index contributed by atoms with van der Waals surface area (Å²) in [6, 6.07) is 12.4. The highest BCUT2D eigenvalue weighted by molar-refractivity contribution is 6.31. The number of benzene rings is 2. The number of rotatable bonds is 3. The Morgan fingerprint density at radius 3 is 2.52 bits per heavy atom. The summed E-state index contributed by atoms with van der Waals surface area (Å²) >= 11 is 5.98. The average Bonchev–Trinajstić information content (AvgIpc) is 2.75. The minimum atomic E-state index is -1.12. The highest BCUT2D eigenvalue weighted by atomic mass is 35.5. The monoisotopic (exact) mass is 332 g/mol. The molecule has 2 aromatic carbocycles. The summed E-state index contributed by atoms with van der Waals surface area (Å²) in [6.45, 7) is 1.65. The molecule has 1 saturated heterocycles. The average molecular weight is 333 g/mol.